The average molecular weight is 407 g/mol. The van der Waals surface area contributed by atoms with Crippen LogP contribution in [-0.4, -0.2) is 8.07 Å². The van der Waals surface area contributed by atoms with Crippen LogP contribution in [0.25, 0.3) is 17.2 Å². The molecule has 2 aromatic carbocycles. The molecule has 0 bridgehead atoms. The van der Waals surface area contributed by atoms with E-state index in [1.807, 2.05) is 6.08 Å². The van der Waals surface area contributed by atoms with Crippen molar-refractivity contribution >= 4 is 19.3 Å². The van der Waals surface area contributed by atoms with Crippen LogP contribution < -0.4 is 5.19 Å². The Bertz CT molecular complexity index is 711. The third-order valence-corrected chi connectivity index (χ3v) is 9.81. The predicted octanol–water partition coefficient (Wildman–Crippen LogP) is 8.83. The standard InChI is InChI=1S/C28H42Si/c1-5-7-8-9-10-11-12-13-14-17-24-29(3,4)27-22-20-26(21-23-27)28-19-16-15-18-25(28)6-2/h6,15-16,18-23H,2,5,7-14,17,24H2,1,3-4H3. The molecule has 0 N–H and O–H groups in total. The van der Waals surface area contributed by atoms with Crippen LogP contribution in [0.4, 0.5) is 0 Å². The minimum Gasteiger partial charge on any atom is -0.0984 e. The van der Waals surface area contributed by atoms with E-state index in [9.17, 15) is 0 Å². The van der Waals surface area contributed by atoms with Crippen molar-refractivity contribution in [3.8, 4) is 11.1 Å². The Balaban J connectivity index is 1.76. The Hall–Kier alpha value is -1.60. The second-order valence-corrected chi connectivity index (χ2v) is 14.0. The number of hydrogen-bond acceptors (Lipinski definition) is 0. The highest BCUT2D eigenvalue weighted by Gasteiger charge is 2.22. The van der Waals surface area contributed by atoms with Crippen LogP contribution in [0.5, 0.6) is 0 Å². The van der Waals surface area contributed by atoms with Gasteiger partial charge in [-0.05, 0) is 16.7 Å². The van der Waals surface area contributed by atoms with Crippen LogP contribution in [0.1, 0.15) is 76.7 Å². The second-order valence-electron chi connectivity index (χ2n) is 9.18. The summed E-state index contributed by atoms with van der Waals surface area (Å²) in [5.74, 6) is 0. The van der Waals surface area contributed by atoms with Crippen molar-refractivity contribution < 1.29 is 0 Å². The van der Waals surface area contributed by atoms with E-state index in [-0.39, 0.29) is 0 Å². The zero-order valence-electron chi connectivity index (χ0n) is 19.2. The van der Waals surface area contributed by atoms with E-state index in [0.29, 0.717) is 0 Å². The first-order valence-corrected chi connectivity index (χ1v) is 15.1. The molecule has 0 saturated heterocycles. The van der Waals surface area contributed by atoms with Gasteiger partial charge in [-0.15, -0.1) is 0 Å². The fourth-order valence-electron chi connectivity index (χ4n) is 4.24. The SMILES string of the molecule is C=Cc1ccccc1-c1ccc([Si](C)(C)CCCCCCCCCCCC)cc1. The zero-order valence-corrected chi connectivity index (χ0v) is 20.2. The van der Waals surface area contributed by atoms with E-state index in [4.69, 9.17) is 0 Å². The van der Waals surface area contributed by atoms with Crippen molar-refractivity contribution in [2.24, 2.45) is 0 Å². The van der Waals surface area contributed by atoms with Gasteiger partial charge in [0, 0.05) is 0 Å². The quantitative estimate of drug-likeness (QED) is 0.217. The summed E-state index contributed by atoms with van der Waals surface area (Å²) in [5, 5.41) is 1.59. The molecule has 0 aliphatic rings. The third kappa shape index (κ3) is 7.97. The summed E-state index contributed by atoms with van der Waals surface area (Å²) in [7, 11) is -1.34. The van der Waals surface area contributed by atoms with Crippen molar-refractivity contribution in [2.75, 3.05) is 0 Å². The zero-order chi connectivity index (χ0) is 21.0. The molecule has 0 spiro atoms. The van der Waals surface area contributed by atoms with Crippen LogP contribution in [0, 0.1) is 0 Å². The fraction of sp³-hybridized carbons (Fsp3) is 0.500. The van der Waals surface area contributed by atoms with Crippen molar-refractivity contribution in [1.82, 2.24) is 0 Å². The number of unbranched alkanes of at least 4 members (excludes halogenated alkanes) is 9. The molecule has 0 aliphatic heterocycles. The van der Waals surface area contributed by atoms with Crippen LogP contribution in [0.15, 0.2) is 55.1 Å². The Kier molecular flexibility index (Phi) is 10.5. The first-order valence-electron chi connectivity index (χ1n) is 11.9. The minimum atomic E-state index is -1.34. The van der Waals surface area contributed by atoms with Gasteiger partial charge in [0.25, 0.3) is 0 Å². The highest BCUT2D eigenvalue weighted by Crippen LogP contribution is 2.25. The molecule has 0 atom stereocenters. The average Bonchev–Trinajstić information content (AvgIpc) is 2.75. The first-order chi connectivity index (χ1) is 14.1. The molecule has 158 valence electrons. The van der Waals surface area contributed by atoms with Gasteiger partial charge in [0.05, 0.1) is 8.07 Å². The summed E-state index contributed by atoms with van der Waals surface area (Å²) in [5.41, 5.74) is 3.79. The molecule has 0 nitrogen and oxygen atoms in total. The summed E-state index contributed by atoms with van der Waals surface area (Å²) in [4.78, 5) is 0. The molecule has 1 heteroatoms. The number of hydrogen-bond donors (Lipinski definition) is 0. The summed E-state index contributed by atoms with van der Waals surface area (Å²) in [6.07, 6.45) is 16.2. The Morgan fingerprint density at radius 2 is 1.28 bits per heavy atom. The van der Waals surface area contributed by atoms with Gasteiger partial charge in [-0.25, -0.2) is 0 Å². The monoisotopic (exact) mass is 406 g/mol. The van der Waals surface area contributed by atoms with E-state index in [1.54, 1.807) is 5.19 Å². The largest absolute Gasteiger partial charge is 0.0984 e. The van der Waals surface area contributed by atoms with Gasteiger partial charge >= 0.3 is 0 Å². The summed E-state index contributed by atoms with van der Waals surface area (Å²) < 4.78 is 0. The highest BCUT2D eigenvalue weighted by atomic mass is 28.3. The lowest BCUT2D eigenvalue weighted by Gasteiger charge is -2.23. The Morgan fingerprint density at radius 1 is 0.724 bits per heavy atom. The van der Waals surface area contributed by atoms with Crippen LogP contribution in [0.2, 0.25) is 19.1 Å². The Labute approximate surface area is 181 Å². The molecule has 2 rings (SSSR count). The van der Waals surface area contributed by atoms with Gasteiger partial charge in [-0.1, -0.05) is 157 Å². The van der Waals surface area contributed by atoms with Gasteiger partial charge in [0.1, 0.15) is 0 Å². The summed E-state index contributed by atoms with van der Waals surface area (Å²) >= 11 is 0. The molecule has 0 unspecified atom stereocenters. The maximum atomic E-state index is 3.96. The normalized spacial score (nSPS) is 11.6. The molecular formula is C28H42Si. The van der Waals surface area contributed by atoms with Crippen molar-refractivity contribution in [3.05, 3.63) is 60.7 Å². The van der Waals surface area contributed by atoms with Crippen molar-refractivity contribution in [2.45, 2.75) is 90.3 Å². The lowest BCUT2D eigenvalue weighted by Crippen LogP contribution is -2.40. The van der Waals surface area contributed by atoms with Gasteiger partial charge in [-0.3, -0.25) is 0 Å². The Morgan fingerprint density at radius 3 is 1.86 bits per heavy atom. The van der Waals surface area contributed by atoms with Gasteiger partial charge in [-0.2, -0.15) is 0 Å². The first kappa shape index (κ1) is 23.7. The number of rotatable bonds is 14. The molecule has 0 aromatic heterocycles. The maximum absolute atomic E-state index is 3.96. The molecule has 0 fully saturated rings. The fourth-order valence-corrected chi connectivity index (χ4v) is 6.73. The summed E-state index contributed by atoms with van der Waals surface area (Å²) in [6.45, 7) is 11.3. The molecular weight excluding hydrogens is 364 g/mol. The minimum absolute atomic E-state index is 1.21. The van der Waals surface area contributed by atoms with Crippen LogP contribution in [0.3, 0.4) is 0 Å². The van der Waals surface area contributed by atoms with Crippen molar-refractivity contribution in [3.63, 3.8) is 0 Å². The van der Waals surface area contributed by atoms with E-state index in [2.05, 4.69) is 75.1 Å². The van der Waals surface area contributed by atoms with Crippen LogP contribution >= 0.6 is 0 Å². The van der Waals surface area contributed by atoms with E-state index < -0.39 is 8.07 Å². The van der Waals surface area contributed by atoms with Gasteiger partial charge in [0.2, 0.25) is 0 Å². The van der Waals surface area contributed by atoms with E-state index in [0.717, 1.165) is 0 Å². The third-order valence-electron chi connectivity index (χ3n) is 6.31. The lowest BCUT2D eigenvalue weighted by molar-refractivity contribution is 0.561. The molecule has 0 aliphatic carbocycles. The molecule has 0 heterocycles. The van der Waals surface area contributed by atoms with Gasteiger partial charge < -0.3 is 0 Å². The topological polar surface area (TPSA) is 0 Å². The predicted molar refractivity (Wildman–Crippen MR) is 136 cm³/mol. The molecule has 0 saturated carbocycles. The molecule has 2 aromatic rings. The van der Waals surface area contributed by atoms with E-state index >= 15 is 0 Å². The van der Waals surface area contributed by atoms with Gasteiger partial charge in [0.15, 0.2) is 0 Å². The smallest absolute Gasteiger partial charge is 0.0806 e. The van der Waals surface area contributed by atoms with Crippen molar-refractivity contribution in [1.29, 1.82) is 0 Å². The number of benzene rings is 2. The lowest BCUT2D eigenvalue weighted by atomic mass is 10.00. The van der Waals surface area contributed by atoms with E-state index in [1.165, 1.54) is 86.9 Å². The van der Waals surface area contributed by atoms with Crippen LogP contribution in [-0.2, 0) is 0 Å². The second kappa shape index (κ2) is 12.9. The summed E-state index contributed by atoms with van der Waals surface area (Å²) in [6, 6.07) is 19.3. The molecule has 0 radical (unpaired) electrons. The molecule has 29 heavy (non-hydrogen) atoms. The molecule has 0 amide bonds. The maximum Gasteiger partial charge on any atom is 0.0806 e. The highest BCUT2D eigenvalue weighted by molar-refractivity contribution is 6.89.